The summed E-state index contributed by atoms with van der Waals surface area (Å²) in [4.78, 5) is 7.56. The van der Waals surface area contributed by atoms with Crippen LogP contribution < -0.4 is 0 Å². The van der Waals surface area contributed by atoms with Gasteiger partial charge in [-0.15, -0.1) is 0 Å². The minimum atomic E-state index is -0.0181. The molecule has 0 radical (unpaired) electrons. The molecule has 29 heavy (non-hydrogen) atoms. The number of rotatable bonds is 3. The molecule has 2 aromatic carbocycles. The zero-order valence-corrected chi connectivity index (χ0v) is 17.8. The molecule has 0 saturated carbocycles. The van der Waals surface area contributed by atoms with E-state index in [-0.39, 0.29) is 6.61 Å². The Morgan fingerprint density at radius 1 is 1.10 bits per heavy atom. The molecule has 3 aliphatic rings. The third kappa shape index (κ3) is 3.66. The fourth-order valence-corrected chi connectivity index (χ4v) is 5.53. The van der Waals surface area contributed by atoms with Crippen molar-refractivity contribution in [3.63, 3.8) is 0 Å². The van der Waals surface area contributed by atoms with E-state index in [4.69, 9.17) is 28.2 Å². The van der Waals surface area contributed by atoms with Crippen LogP contribution in [0.3, 0.4) is 0 Å². The molecule has 1 aliphatic carbocycles. The average Bonchev–Trinajstić information content (AvgIpc) is 3.15. The van der Waals surface area contributed by atoms with Crippen LogP contribution in [0.25, 0.3) is 0 Å². The molecule has 2 aliphatic heterocycles. The molecule has 1 N–H and O–H groups in total. The predicted octanol–water partition coefficient (Wildman–Crippen LogP) is 5.20. The van der Waals surface area contributed by atoms with Crippen LogP contribution in [0.2, 0.25) is 10.0 Å². The summed E-state index contributed by atoms with van der Waals surface area (Å²) in [7, 11) is 0. The van der Waals surface area contributed by atoms with Crippen LogP contribution in [0, 0.1) is 0 Å². The van der Waals surface area contributed by atoms with E-state index in [0.29, 0.717) is 11.1 Å². The number of aryl methyl sites for hydroxylation is 1. The Hall–Kier alpha value is -1.65. The van der Waals surface area contributed by atoms with Gasteiger partial charge < -0.3 is 5.11 Å². The first-order valence-corrected chi connectivity index (χ1v) is 11.1. The molecule has 1 atom stereocenters. The van der Waals surface area contributed by atoms with E-state index in [9.17, 15) is 5.11 Å². The SMILES string of the molecule is OCc1cccc(Cl)c1C1=NC2=C(C1)CN(C1CCc3ccc(Cl)cc3C1)CC2. The van der Waals surface area contributed by atoms with Crippen LogP contribution in [0.5, 0.6) is 0 Å². The lowest BCUT2D eigenvalue weighted by molar-refractivity contribution is 0.187. The Kier molecular flexibility index (Phi) is 5.25. The van der Waals surface area contributed by atoms with Crippen molar-refractivity contribution in [1.29, 1.82) is 0 Å². The van der Waals surface area contributed by atoms with Crippen LogP contribution >= 0.6 is 23.2 Å². The maximum absolute atomic E-state index is 9.73. The Labute approximate surface area is 181 Å². The summed E-state index contributed by atoms with van der Waals surface area (Å²) in [5, 5.41) is 11.2. The van der Waals surface area contributed by atoms with Crippen LogP contribution in [0.1, 0.15) is 41.5 Å². The van der Waals surface area contributed by atoms with E-state index in [1.165, 1.54) is 28.8 Å². The van der Waals surface area contributed by atoms with E-state index in [1.54, 1.807) is 0 Å². The van der Waals surface area contributed by atoms with Gasteiger partial charge in [0.2, 0.25) is 0 Å². The molecule has 0 amide bonds. The smallest absolute Gasteiger partial charge is 0.0688 e. The lowest BCUT2D eigenvalue weighted by atomic mass is 9.86. The second kappa shape index (κ2) is 7.88. The molecule has 0 bridgehead atoms. The second-order valence-corrected chi connectivity index (χ2v) is 9.09. The summed E-state index contributed by atoms with van der Waals surface area (Å²) in [6, 6.07) is 12.6. The fraction of sp³-hybridized carbons (Fsp3) is 0.375. The molecule has 1 unspecified atom stereocenters. The van der Waals surface area contributed by atoms with Gasteiger partial charge in [0.1, 0.15) is 0 Å². The van der Waals surface area contributed by atoms with Crippen molar-refractivity contribution in [3.8, 4) is 0 Å². The maximum atomic E-state index is 9.73. The fourth-order valence-electron chi connectivity index (χ4n) is 5.04. The highest BCUT2D eigenvalue weighted by atomic mass is 35.5. The molecule has 150 valence electrons. The van der Waals surface area contributed by atoms with E-state index in [2.05, 4.69) is 17.0 Å². The molecule has 5 heteroatoms. The van der Waals surface area contributed by atoms with Gasteiger partial charge in [0.15, 0.2) is 0 Å². The minimum Gasteiger partial charge on any atom is -0.392 e. The number of fused-ring (bicyclic) bond motifs is 1. The van der Waals surface area contributed by atoms with E-state index in [1.807, 2.05) is 24.3 Å². The first-order chi connectivity index (χ1) is 14.1. The van der Waals surface area contributed by atoms with Gasteiger partial charge >= 0.3 is 0 Å². The topological polar surface area (TPSA) is 35.8 Å². The number of aliphatic hydroxyl groups excluding tert-OH is 1. The van der Waals surface area contributed by atoms with Crippen molar-refractivity contribution in [2.75, 3.05) is 13.1 Å². The summed E-state index contributed by atoms with van der Waals surface area (Å²) in [5.74, 6) is 0. The molecular formula is C24H24Cl2N2O. The summed E-state index contributed by atoms with van der Waals surface area (Å²) in [6.45, 7) is 2.00. The Morgan fingerprint density at radius 2 is 2.00 bits per heavy atom. The van der Waals surface area contributed by atoms with Gasteiger partial charge in [-0.1, -0.05) is 41.4 Å². The molecule has 0 saturated heterocycles. The first kappa shape index (κ1) is 19.3. The highest BCUT2D eigenvalue weighted by molar-refractivity contribution is 6.34. The van der Waals surface area contributed by atoms with Gasteiger partial charge in [-0.3, -0.25) is 9.89 Å². The van der Waals surface area contributed by atoms with Crippen LogP contribution in [0.4, 0.5) is 0 Å². The van der Waals surface area contributed by atoms with Crippen molar-refractivity contribution in [2.45, 2.75) is 44.8 Å². The van der Waals surface area contributed by atoms with Crippen molar-refractivity contribution >= 4 is 28.9 Å². The Morgan fingerprint density at radius 3 is 2.86 bits per heavy atom. The lowest BCUT2D eigenvalue weighted by Gasteiger charge is -2.37. The third-order valence-corrected chi connectivity index (χ3v) is 7.08. The van der Waals surface area contributed by atoms with Gasteiger partial charge in [-0.25, -0.2) is 0 Å². The zero-order valence-electron chi connectivity index (χ0n) is 16.3. The van der Waals surface area contributed by atoms with Gasteiger partial charge in [-0.2, -0.15) is 0 Å². The van der Waals surface area contributed by atoms with E-state index < -0.39 is 0 Å². The minimum absolute atomic E-state index is 0.0181. The molecular weight excluding hydrogens is 403 g/mol. The first-order valence-electron chi connectivity index (χ1n) is 10.3. The Balaban J connectivity index is 1.32. The predicted molar refractivity (Wildman–Crippen MR) is 119 cm³/mol. The number of aliphatic imine (C=N–C) groups is 1. The number of aliphatic hydroxyl groups is 1. The maximum Gasteiger partial charge on any atom is 0.0688 e. The largest absolute Gasteiger partial charge is 0.392 e. The van der Waals surface area contributed by atoms with Crippen LogP contribution in [-0.2, 0) is 19.4 Å². The second-order valence-electron chi connectivity index (χ2n) is 8.25. The van der Waals surface area contributed by atoms with Gasteiger partial charge in [-0.05, 0) is 59.7 Å². The Bertz CT molecular complexity index is 1030. The molecule has 0 fully saturated rings. The van der Waals surface area contributed by atoms with Crippen molar-refractivity contribution in [1.82, 2.24) is 4.90 Å². The van der Waals surface area contributed by atoms with Crippen molar-refractivity contribution in [3.05, 3.63) is 80.0 Å². The molecule has 0 aromatic heterocycles. The standard InChI is InChI=1S/C24H24Cl2N2O/c25-19-6-4-15-5-7-20(11-17(15)10-19)28-9-8-22-18(13-28)12-23(27-22)24-16(14-29)2-1-3-21(24)26/h1-4,6,10,20,29H,5,7-9,11-14H2. The number of nitrogens with zero attached hydrogens (tertiary/aromatic N) is 2. The molecule has 2 heterocycles. The number of hydrogen-bond acceptors (Lipinski definition) is 3. The number of benzene rings is 2. The normalized spacial score (nSPS) is 21.8. The van der Waals surface area contributed by atoms with Gasteiger partial charge in [0.05, 0.1) is 12.3 Å². The molecule has 3 nitrogen and oxygen atoms in total. The number of halogens is 2. The molecule has 2 aromatic rings. The van der Waals surface area contributed by atoms with Gasteiger partial charge in [0.25, 0.3) is 0 Å². The average molecular weight is 427 g/mol. The highest BCUT2D eigenvalue weighted by Gasteiger charge is 2.31. The van der Waals surface area contributed by atoms with Crippen LogP contribution in [0.15, 0.2) is 52.7 Å². The third-order valence-electron chi connectivity index (χ3n) is 6.53. The monoisotopic (exact) mass is 426 g/mol. The summed E-state index contributed by atoms with van der Waals surface area (Å²) >= 11 is 12.7. The van der Waals surface area contributed by atoms with Gasteiger partial charge in [0, 0.05) is 53.3 Å². The summed E-state index contributed by atoms with van der Waals surface area (Å²) in [6.07, 6.45) is 5.21. The summed E-state index contributed by atoms with van der Waals surface area (Å²) in [5.41, 5.74) is 8.26. The van der Waals surface area contributed by atoms with E-state index in [0.717, 1.165) is 60.6 Å². The molecule has 0 spiro atoms. The van der Waals surface area contributed by atoms with Crippen molar-refractivity contribution < 1.29 is 5.11 Å². The summed E-state index contributed by atoms with van der Waals surface area (Å²) < 4.78 is 0. The lowest BCUT2D eigenvalue weighted by Crippen LogP contribution is -2.43. The quantitative estimate of drug-likeness (QED) is 0.731. The highest BCUT2D eigenvalue weighted by Crippen LogP contribution is 2.36. The van der Waals surface area contributed by atoms with Crippen LogP contribution in [-0.4, -0.2) is 34.8 Å². The molecule has 5 rings (SSSR count). The number of hydrogen-bond donors (Lipinski definition) is 1. The van der Waals surface area contributed by atoms with E-state index >= 15 is 0 Å². The van der Waals surface area contributed by atoms with Crippen molar-refractivity contribution in [2.24, 2.45) is 4.99 Å². The zero-order chi connectivity index (χ0) is 20.0.